The van der Waals surface area contributed by atoms with Crippen LogP contribution in [0.5, 0.6) is 0 Å². The first kappa shape index (κ1) is 18.1. The fourth-order valence-electron chi connectivity index (χ4n) is 4.89. The van der Waals surface area contributed by atoms with E-state index in [1.807, 2.05) is 0 Å². The van der Waals surface area contributed by atoms with Gasteiger partial charge < -0.3 is 0 Å². The van der Waals surface area contributed by atoms with Crippen LogP contribution in [0.25, 0.3) is 0 Å². The highest BCUT2D eigenvalue weighted by Gasteiger charge is 2.46. The highest BCUT2D eigenvalue weighted by molar-refractivity contribution is 6.42. The lowest BCUT2D eigenvalue weighted by Crippen LogP contribution is -2.13. The van der Waals surface area contributed by atoms with Crippen LogP contribution in [0.15, 0.2) is 121 Å². The minimum atomic E-state index is 0.476. The molecule has 4 unspecified atom stereocenters. The summed E-state index contributed by atoms with van der Waals surface area (Å²) in [5.41, 5.74) is 6.93. The van der Waals surface area contributed by atoms with Gasteiger partial charge in [-0.2, -0.15) is 0 Å². The van der Waals surface area contributed by atoms with Crippen molar-refractivity contribution in [3.63, 3.8) is 0 Å². The molecule has 4 aromatic carbocycles. The standard InChI is InChI=1S/C28H24Si/c1-5-13-21(14-6-1)25-26(22-15-7-2-8-16-22)28(24-19-11-4-12-20-24)29-27(25)23-17-9-3-10-18-23/h1-20,25-28H. The molecule has 1 heterocycles. The molecule has 140 valence electrons. The molecule has 0 nitrogen and oxygen atoms in total. The van der Waals surface area contributed by atoms with Gasteiger partial charge in [0.15, 0.2) is 0 Å². The Labute approximate surface area is 176 Å². The highest BCUT2D eigenvalue weighted by atomic mass is 28.2. The summed E-state index contributed by atoms with van der Waals surface area (Å²) in [6.45, 7) is 0. The molecule has 0 amide bonds. The minimum Gasteiger partial charge on any atom is -0.0622 e. The predicted octanol–water partition coefficient (Wildman–Crippen LogP) is 6.75. The summed E-state index contributed by atoms with van der Waals surface area (Å²) in [4.78, 5) is 0. The van der Waals surface area contributed by atoms with Crippen LogP contribution < -0.4 is 0 Å². The largest absolute Gasteiger partial charge is 0.0622 e. The third-order valence-electron chi connectivity index (χ3n) is 6.15. The molecule has 5 rings (SSSR count). The molecule has 0 spiro atoms. The van der Waals surface area contributed by atoms with Crippen LogP contribution in [0.4, 0.5) is 0 Å². The van der Waals surface area contributed by atoms with E-state index in [0.29, 0.717) is 22.9 Å². The van der Waals surface area contributed by atoms with Crippen LogP contribution in [0, 0.1) is 0 Å². The van der Waals surface area contributed by atoms with Gasteiger partial charge in [-0.15, -0.1) is 0 Å². The summed E-state index contributed by atoms with van der Waals surface area (Å²) in [7, 11) is 0.857. The number of hydrogen-bond acceptors (Lipinski definition) is 0. The van der Waals surface area contributed by atoms with E-state index in [1.54, 1.807) is 0 Å². The number of benzene rings is 4. The van der Waals surface area contributed by atoms with E-state index in [0.717, 1.165) is 9.52 Å². The van der Waals surface area contributed by atoms with Gasteiger partial charge in [-0.25, -0.2) is 0 Å². The van der Waals surface area contributed by atoms with Gasteiger partial charge in [0.1, 0.15) is 0 Å². The lowest BCUT2D eigenvalue weighted by atomic mass is 9.75. The van der Waals surface area contributed by atoms with Crippen LogP contribution in [0.2, 0.25) is 0 Å². The number of hydrogen-bond donors (Lipinski definition) is 0. The van der Waals surface area contributed by atoms with Crippen molar-refractivity contribution in [2.24, 2.45) is 0 Å². The van der Waals surface area contributed by atoms with Crippen molar-refractivity contribution in [1.82, 2.24) is 0 Å². The quantitative estimate of drug-likeness (QED) is 0.339. The Hall–Kier alpha value is -2.90. The molecule has 2 radical (unpaired) electrons. The SMILES string of the molecule is c1ccc(C2[Si]C(c3ccccc3)C(c3ccccc3)C2c2ccccc2)cc1. The molecule has 4 aromatic rings. The van der Waals surface area contributed by atoms with Crippen molar-refractivity contribution in [3.8, 4) is 0 Å². The molecule has 0 bridgehead atoms. The Balaban J connectivity index is 1.69. The first-order valence-electron chi connectivity index (χ1n) is 10.4. The maximum atomic E-state index is 2.33. The molecule has 1 aliphatic rings. The lowest BCUT2D eigenvalue weighted by Gasteiger charge is -2.29. The Morgan fingerprint density at radius 3 is 0.931 bits per heavy atom. The maximum absolute atomic E-state index is 2.33. The highest BCUT2D eigenvalue weighted by Crippen LogP contribution is 2.56. The maximum Gasteiger partial charge on any atom is 0.0581 e. The van der Waals surface area contributed by atoms with E-state index >= 15 is 0 Å². The fraction of sp³-hybridized carbons (Fsp3) is 0.143. The minimum absolute atomic E-state index is 0.476. The van der Waals surface area contributed by atoms with Crippen LogP contribution >= 0.6 is 0 Å². The lowest BCUT2D eigenvalue weighted by molar-refractivity contribution is 0.553. The van der Waals surface area contributed by atoms with Gasteiger partial charge in [-0.1, -0.05) is 121 Å². The Morgan fingerprint density at radius 1 is 0.345 bits per heavy atom. The van der Waals surface area contributed by atoms with E-state index in [4.69, 9.17) is 0 Å². The molecule has 0 N–H and O–H groups in total. The zero-order valence-corrected chi connectivity index (χ0v) is 17.4. The third kappa shape index (κ3) is 3.59. The topological polar surface area (TPSA) is 0 Å². The second-order valence-corrected chi connectivity index (χ2v) is 9.39. The molecule has 0 aliphatic carbocycles. The molecule has 1 heteroatoms. The van der Waals surface area contributed by atoms with Gasteiger partial charge >= 0.3 is 0 Å². The molecule has 1 aliphatic heterocycles. The number of rotatable bonds is 4. The van der Waals surface area contributed by atoms with Crippen molar-refractivity contribution in [2.45, 2.75) is 22.9 Å². The van der Waals surface area contributed by atoms with Crippen LogP contribution in [-0.2, 0) is 0 Å². The first-order chi connectivity index (χ1) is 14.4. The molecule has 1 fully saturated rings. The zero-order chi connectivity index (χ0) is 19.5. The van der Waals surface area contributed by atoms with E-state index in [-0.39, 0.29) is 0 Å². The van der Waals surface area contributed by atoms with Crippen molar-refractivity contribution in [3.05, 3.63) is 144 Å². The van der Waals surface area contributed by atoms with Crippen molar-refractivity contribution >= 4 is 9.52 Å². The summed E-state index contributed by atoms with van der Waals surface area (Å²) >= 11 is 0. The fourth-order valence-corrected chi connectivity index (χ4v) is 7.26. The van der Waals surface area contributed by atoms with Gasteiger partial charge in [-0.05, 0) is 45.2 Å². The average Bonchev–Trinajstić information content (AvgIpc) is 3.22. The summed E-state index contributed by atoms with van der Waals surface area (Å²) in [5, 5.41) is 0. The van der Waals surface area contributed by atoms with Crippen molar-refractivity contribution < 1.29 is 0 Å². The molecular formula is C28H24Si. The first-order valence-corrected chi connectivity index (χ1v) is 11.5. The normalized spacial score (nSPS) is 23.7. The Kier molecular flexibility index (Phi) is 5.15. The molecule has 29 heavy (non-hydrogen) atoms. The van der Waals surface area contributed by atoms with Crippen LogP contribution in [0.3, 0.4) is 0 Å². The average molecular weight is 389 g/mol. The van der Waals surface area contributed by atoms with Gasteiger partial charge in [0, 0.05) is 0 Å². The van der Waals surface area contributed by atoms with Crippen molar-refractivity contribution in [2.75, 3.05) is 0 Å². The molecular weight excluding hydrogens is 364 g/mol. The van der Waals surface area contributed by atoms with E-state index in [1.165, 1.54) is 22.3 Å². The summed E-state index contributed by atoms with van der Waals surface area (Å²) in [6.07, 6.45) is 0. The molecule has 0 aromatic heterocycles. The van der Waals surface area contributed by atoms with Gasteiger partial charge in [0.05, 0.1) is 9.52 Å². The van der Waals surface area contributed by atoms with Crippen LogP contribution in [0.1, 0.15) is 45.2 Å². The monoisotopic (exact) mass is 388 g/mol. The zero-order valence-electron chi connectivity index (χ0n) is 16.4. The van der Waals surface area contributed by atoms with Crippen LogP contribution in [-0.4, -0.2) is 9.52 Å². The Bertz CT molecular complexity index is 942. The second kappa shape index (κ2) is 8.22. The molecule has 1 saturated heterocycles. The predicted molar refractivity (Wildman–Crippen MR) is 122 cm³/mol. The smallest absolute Gasteiger partial charge is 0.0581 e. The summed E-state index contributed by atoms with van der Waals surface area (Å²) in [5.74, 6) is 0.953. The Morgan fingerprint density at radius 2 is 0.621 bits per heavy atom. The summed E-state index contributed by atoms with van der Waals surface area (Å²) in [6, 6.07) is 44.6. The van der Waals surface area contributed by atoms with Gasteiger partial charge in [0.25, 0.3) is 0 Å². The third-order valence-corrected chi connectivity index (χ3v) is 8.25. The van der Waals surface area contributed by atoms with E-state index < -0.39 is 0 Å². The van der Waals surface area contributed by atoms with Crippen molar-refractivity contribution in [1.29, 1.82) is 0 Å². The molecule has 4 atom stereocenters. The summed E-state index contributed by atoms with van der Waals surface area (Å²) < 4.78 is 0. The molecule has 0 saturated carbocycles. The second-order valence-electron chi connectivity index (χ2n) is 7.82. The van der Waals surface area contributed by atoms with E-state index in [9.17, 15) is 0 Å². The van der Waals surface area contributed by atoms with Gasteiger partial charge in [-0.3, -0.25) is 0 Å². The van der Waals surface area contributed by atoms with Gasteiger partial charge in [0.2, 0.25) is 0 Å². The van der Waals surface area contributed by atoms with E-state index in [2.05, 4.69) is 121 Å².